The third kappa shape index (κ3) is 4.16. The first-order valence-electron chi connectivity index (χ1n) is 10.4. The van der Waals surface area contributed by atoms with E-state index in [-0.39, 0.29) is 31.1 Å². The molecule has 0 radical (unpaired) electrons. The van der Waals surface area contributed by atoms with E-state index in [1.807, 2.05) is 18.2 Å². The number of aromatic nitrogens is 4. The number of halogens is 3. The molecule has 2 N–H and O–H groups in total. The molecule has 10 heteroatoms. The number of para-hydroxylation sites is 1. The second-order valence-electron chi connectivity index (χ2n) is 8.05. The first kappa shape index (κ1) is 20.0. The molecule has 0 spiro atoms. The van der Waals surface area contributed by atoms with Gasteiger partial charge in [0.05, 0.1) is 24.4 Å². The second kappa shape index (κ2) is 7.99. The quantitative estimate of drug-likeness (QED) is 0.625. The molecule has 2 aromatic heterocycles. The number of anilines is 1. The van der Waals surface area contributed by atoms with Gasteiger partial charge in [-0.1, -0.05) is 24.6 Å². The van der Waals surface area contributed by atoms with Crippen LogP contribution in [-0.2, 0) is 10.9 Å². The van der Waals surface area contributed by atoms with Crippen LogP contribution in [0.5, 0.6) is 5.88 Å². The predicted octanol–water partition coefficient (Wildman–Crippen LogP) is 4.29. The van der Waals surface area contributed by atoms with Crippen LogP contribution in [0, 0.1) is 0 Å². The Kier molecular flexibility index (Phi) is 5.17. The van der Waals surface area contributed by atoms with Crippen LogP contribution in [-0.4, -0.2) is 45.5 Å². The lowest BCUT2D eigenvalue weighted by atomic mass is 9.83. The lowest BCUT2D eigenvalue weighted by molar-refractivity contribution is -0.142. The molecule has 1 aliphatic heterocycles. The molecule has 1 saturated heterocycles. The summed E-state index contributed by atoms with van der Waals surface area (Å²) in [6, 6.07) is 8.04. The third-order valence-corrected chi connectivity index (χ3v) is 5.84. The summed E-state index contributed by atoms with van der Waals surface area (Å²) in [6.45, 7) is 0.512. The van der Waals surface area contributed by atoms with Crippen molar-refractivity contribution in [1.29, 1.82) is 0 Å². The number of benzene rings is 1. The molecule has 5 rings (SSSR count). The average molecular weight is 433 g/mol. The minimum atomic E-state index is -4.59. The number of H-pyrrole nitrogens is 1. The summed E-state index contributed by atoms with van der Waals surface area (Å²) in [5.74, 6) is -0.0653. The highest BCUT2D eigenvalue weighted by atomic mass is 19.4. The van der Waals surface area contributed by atoms with E-state index in [0.29, 0.717) is 0 Å². The number of rotatable bonds is 5. The highest BCUT2D eigenvalue weighted by molar-refractivity contribution is 5.81. The minimum absolute atomic E-state index is 0.0332. The zero-order valence-electron chi connectivity index (χ0n) is 16.7. The Morgan fingerprint density at radius 1 is 1.16 bits per heavy atom. The molecule has 1 aliphatic carbocycles. The molecule has 0 bridgehead atoms. The van der Waals surface area contributed by atoms with Gasteiger partial charge in [-0.3, -0.25) is 5.10 Å². The van der Waals surface area contributed by atoms with Crippen molar-refractivity contribution in [3.05, 3.63) is 41.7 Å². The van der Waals surface area contributed by atoms with Crippen molar-refractivity contribution >= 4 is 16.9 Å². The van der Waals surface area contributed by atoms with Gasteiger partial charge in [-0.15, -0.1) is 0 Å². The van der Waals surface area contributed by atoms with E-state index in [1.165, 1.54) is 0 Å². The topological polar surface area (TPSA) is 85.0 Å². The van der Waals surface area contributed by atoms with E-state index in [0.717, 1.165) is 48.5 Å². The lowest BCUT2D eigenvalue weighted by Crippen LogP contribution is -2.39. The highest BCUT2D eigenvalue weighted by Gasteiger charge is 2.38. The molecule has 2 atom stereocenters. The van der Waals surface area contributed by atoms with Crippen LogP contribution in [0.15, 0.2) is 30.5 Å². The predicted molar refractivity (Wildman–Crippen MR) is 107 cm³/mol. The molecule has 2 fully saturated rings. The van der Waals surface area contributed by atoms with Gasteiger partial charge >= 0.3 is 6.18 Å². The largest absolute Gasteiger partial charge is 0.469 e. The third-order valence-electron chi connectivity index (χ3n) is 5.84. The van der Waals surface area contributed by atoms with Gasteiger partial charge in [0.15, 0.2) is 0 Å². The maximum absolute atomic E-state index is 13.3. The zero-order chi connectivity index (χ0) is 21.4. The van der Waals surface area contributed by atoms with Gasteiger partial charge in [0, 0.05) is 23.5 Å². The number of nitrogens with one attached hydrogen (secondary N) is 2. The smallest absolute Gasteiger partial charge is 0.423 e. The molecular formula is C21H22F3N5O2. The molecule has 1 saturated carbocycles. The lowest BCUT2D eigenvalue weighted by Gasteiger charge is -2.30. The normalized spacial score (nSPS) is 22.3. The first-order valence-corrected chi connectivity index (χ1v) is 10.4. The molecule has 2 aliphatic rings. The summed E-state index contributed by atoms with van der Waals surface area (Å²) in [5, 5.41) is 11.9. The van der Waals surface area contributed by atoms with Gasteiger partial charge in [-0.25, -0.2) is 4.98 Å². The van der Waals surface area contributed by atoms with Crippen LogP contribution in [0.2, 0.25) is 0 Å². The van der Waals surface area contributed by atoms with Gasteiger partial charge in [0.2, 0.25) is 11.8 Å². The molecule has 2 unspecified atom stereocenters. The number of alkyl halides is 3. The van der Waals surface area contributed by atoms with E-state index in [4.69, 9.17) is 9.47 Å². The van der Waals surface area contributed by atoms with Crippen molar-refractivity contribution in [2.45, 2.75) is 49.9 Å². The number of ether oxygens (including phenoxy) is 2. The summed E-state index contributed by atoms with van der Waals surface area (Å²) >= 11 is 0. The Hall–Kier alpha value is -2.88. The van der Waals surface area contributed by atoms with Crippen LogP contribution in [0.4, 0.5) is 19.1 Å². The van der Waals surface area contributed by atoms with Crippen LogP contribution in [0.1, 0.15) is 42.9 Å². The number of aromatic amines is 1. The van der Waals surface area contributed by atoms with Gasteiger partial charge in [-0.05, 0) is 25.3 Å². The van der Waals surface area contributed by atoms with Crippen LogP contribution in [0.3, 0.4) is 0 Å². The van der Waals surface area contributed by atoms with E-state index in [2.05, 4.69) is 31.5 Å². The minimum Gasteiger partial charge on any atom is -0.469 e. The molecule has 3 heterocycles. The number of hydrogen-bond donors (Lipinski definition) is 2. The van der Waals surface area contributed by atoms with Crippen molar-refractivity contribution < 1.29 is 22.6 Å². The maximum Gasteiger partial charge on any atom is 0.423 e. The van der Waals surface area contributed by atoms with Gasteiger partial charge in [0.1, 0.15) is 11.7 Å². The van der Waals surface area contributed by atoms with Crippen LogP contribution < -0.4 is 10.1 Å². The summed E-state index contributed by atoms with van der Waals surface area (Å²) in [5.41, 5.74) is 1.05. The number of hydrogen-bond acceptors (Lipinski definition) is 6. The first-order chi connectivity index (χ1) is 15.0. The maximum atomic E-state index is 13.3. The fourth-order valence-electron chi connectivity index (χ4n) is 4.21. The van der Waals surface area contributed by atoms with Gasteiger partial charge in [0.25, 0.3) is 0 Å². The Bertz CT molecular complexity index is 1070. The van der Waals surface area contributed by atoms with Crippen molar-refractivity contribution in [3.8, 4) is 5.88 Å². The fraction of sp³-hybridized carbons (Fsp3) is 0.476. The monoisotopic (exact) mass is 433 g/mol. The van der Waals surface area contributed by atoms with Crippen molar-refractivity contribution in [1.82, 2.24) is 20.2 Å². The molecule has 3 aromatic rings. The molecule has 31 heavy (non-hydrogen) atoms. The summed E-state index contributed by atoms with van der Waals surface area (Å²) in [7, 11) is 0. The van der Waals surface area contributed by atoms with Gasteiger partial charge < -0.3 is 14.8 Å². The zero-order valence-corrected chi connectivity index (χ0v) is 16.7. The van der Waals surface area contributed by atoms with E-state index in [1.54, 1.807) is 0 Å². The van der Waals surface area contributed by atoms with Crippen LogP contribution >= 0.6 is 0 Å². The average Bonchev–Trinajstić information content (AvgIpc) is 3.14. The standard InChI is InChI=1S/C21H22F3N5O2/c22-21(23,24)16-9-25-20(27-19(16)31-14-10-30-11-14)26-13-5-3-4-12(8-13)18-15-6-1-2-7-17(15)28-29-18/h1-2,6-7,9,12-14H,3-5,8,10-11H2,(H,28,29)(H,25,26,27). The molecule has 1 aromatic carbocycles. The number of fused-ring (bicyclic) bond motifs is 1. The summed E-state index contributed by atoms with van der Waals surface area (Å²) < 4.78 is 50.4. The summed E-state index contributed by atoms with van der Waals surface area (Å²) in [6.07, 6.45) is -0.553. The second-order valence-corrected chi connectivity index (χ2v) is 8.05. The Morgan fingerprint density at radius 2 is 2.00 bits per heavy atom. The van der Waals surface area contributed by atoms with Crippen molar-refractivity contribution in [2.75, 3.05) is 18.5 Å². The molecule has 7 nitrogen and oxygen atoms in total. The SMILES string of the molecule is FC(F)(F)c1cnc(NC2CCCC(c3n[nH]c4ccccc34)C2)nc1OC1COC1. The molecule has 0 amide bonds. The highest BCUT2D eigenvalue weighted by Crippen LogP contribution is 2.38. The Labute approximate surface area is 176 Å². The van der Waals surface area contributed by atoms with Gasteiger partial charge in [-0.2, -0.15) is 23.3 Å². The van der Waals surface area contributed by atoms with Crippen molar-refractivity contribution in [2.24, 2.45) is 0 Å². The molecule has 164 valence electrons. The Balaban J connectivity index is 1.33. The van der Waals surface area contributed by atoms with E-state index < -0.39 is 23.7 Å². The van der Waals surface area contributed by atoms with Crippen molar-refractivity contribution in [3.63, 3.8) is 0 Å². The summed E-state index contributed by atoms with van der Waals surface area (Å²) in [4.78, 5) is 7.96. The Morgan fingerprint density at radius 3 is 2.77 bits per heavy atom. The van der Waals surface area contributed by atoms with E-state index >= 15 is 0 Å². The van der Waals surface area contributed by atoms with E-state index in [9.17, 15) is 13.2 Å². The molecular weight excluding hydrogens is 411 g/mol. The fourth-order valence-corrected chi connectivity index (χ4v) is 4.21. The number of nitrogens with zero attached hydrogens (tertiary/aromatic N) is 3. The van der Waals surface area contributed by atoms with Crippen LogP contribution in [0.25, 0.3) is 10.9 Å².